The van der Waals surface area contributed by atoms with Crippen LogP contribution in [0.3, 0.4) is 0 Å². The van der Waals surface area contributed by atoms with Gasteiger partial charge >= 0.3 is 0 Å². The third-order valence-electron chi connectivity index (χ3n) is 4.16. The number of carbonyl (C=O) groups excluding carboxylic acids is 1. The average molecular weight is 368 g/mol. The SMILES string of the molecule is O=C(/C=C/c1ccc([N+](=O)[O-])cc1)NCc1cccnc1N1CCOCC1. The molecule has 0 saturated carbocycles. The van der Waals surface area contributed by atoms with Crippen LogP contribution in [0.5, 0.6) is 0 Å². The fourth-order valence-electron chi connectivity index (χ4n) is 2.75. The molecule has 8 nitrogen and oxygen atoms in total. The van der Waals surface area contributed by atoms with Crippen molar-refractivity contribution in [1.82, 2.24) is 10.3 Å². The zero-order chi connectivity index (χ0) is 19.1. The van der Waals surface area contributed by atoms with Gasteiger partial charge in [-0.1, -0.05) is 6.07 Å². The topological polar surface area (TPSA) is 97.6 Å². The number of aromatic nitrogens is 1. The molecule has 0 unspecified atom stereocenters. The minimum atomic E-state index is -0.458. The first-order valence-corrected chi connectivity index (χ1v) is 8.60. The van der Waals surface area contributed by atoms with Crippen LogP contribution in [0.2, 0.25) is 0 Å². The van der Waals surface area contributed by atoms with Crippen LogP contribution in [0.15, 0.2) is 48.7 Å². The van der Waals surface area contributed by atoms with Crippen LogP contribution in [0.4, 0.5) is 11.5 Å². The van der Waals surface area contributed by atoms with Gasteiger partial charge in [-0.2, -0.15) is 0 Å². The van der Waals surface area contributed by atoms with Crippen molar-refractivity contribution in [2.45, 2.75) is 6.54 Å². The van der Waals surface area contributed by atoms with E-state index in [9.17, 15) is 14.9 Å². The van der Waals surface area contributed by atoms with E-state index in [1.54, 1.807) is 24.4 Å². The van der Waals surface area contributed by atoms with Crippen LogP contribution in [0, 0.1) is 10.1 Å². The van der Waals surface area contributed by atoms with Gasteiger partial charge in [-0.25, -0.2) is 4.98 Å². The molecule has 3 rings (SSSR count). The first kappa shape index (κ1) is 18.5. The second kappa shape index (κ2) is 8.91. The van der Waals surface area contributed by atoms with Crippen LogP contribution in [0.25, 0.3) is 6.08 Å². The molecule has 0 radical (unpaired) electrons. The summed E-state index contributed by atoms with van der Waals surface area (Å²) in [6, 6.07) is 9.79. The van der Waals surface area contributed by atoms with E-state index in [-0.39, 0.29) is 11.6 Å². The monoisotopic (exact) mass is 368 g/mol. The van der Waals surface area contributed by atoms with Gasteiger partial charge in [-0.15, -0.1) is 0 Å². The summed E-state index contributed by atoms with van der Waals surface area (Å²) in [7, 11) is 0. The summed E-state index contributed by atoms with van der Waals surface area (Å²) in [4.78, 5) is 28.9. The number of hydrogen-bond acceptors (Lipinski definition) is 6. The second-order valence-electron chi connectivity index (χ2n) is 5.99. The molecule has 1 saturated heterocycles. The van der Waals surface area contributed by atoms with Crippen LogP contribution >= 0.6 is 0 Å². The molecule has 140 valence electrons. The number of rotatable bonds is 6. The molecular formula is C19H20N4O4. The molecule has 0 aliphatic carbocycles. The molecule has 2 aromatic rings. The Labute approximate surface area is 156 Å². The Hall–Kier alpha value is -3.26. The molecule has 0 bridgehead atoms. The van der Waals surface area contributed by atoms with Crippen molar-refractivity contribution in [3.8, 4) is 0 Å². The molecule has 8 heteroatoms. The lowest BCUT2D eigenvalue weighted by atomic mass is 10.2. The number of morpholine rings is 1. The first-order chi connectivity index (χ1) is 13.1. The summed E-state index contributed by atoms with van der Waals surface area (Å²) >= 11 is 0. The maximum atomic E-state index is 12.1. The van der Waals surface area contributed by atoms with Gasteiger partial charge in [0.2, 0.25) is 5.91 Å². The third-order valence-corrected chi connectivity index (χ3v) is 4.16. The number of nitro groups is 1. The molecule has 1 aromatic carbocycles. The van der Waals surface area contributed by atoms with Crippen molar-refractivity contribution in [3.05, 3.63) is 69.9 Å². The van der Waals surface area contributed by atoms with E-state index in [1.807, 2.05) is 12.1 Å². The minimum Gasteiger partial charge on any atom is -0.378 e. The lowest BCUT2D eigenvalue weighted by Crippen LogP contribution is -2.37. The van der Waals surface area contributed by atoms with E-state index in [4.69, 9.17) is 4.74 Å². The molecule has 1 aliphatic heterocycles. The number of non-ortho nitro benzene ring substituents is 1. The van der Waals surface area contributed by atoms with E-state index in [0.29, 0.717) is 25.3 Å². The Bertz CT molecular complexity index is 830. The lowest BCUT2D eigenvalue weighted by Gasteiger charge is -2.29. The normalized spacial score (nSPS) is 14.3. The summed E-state index contributed by atoms with van der Waals surface area (Å²) in [6.07, 6.45) is 4.77. The van der Waals surface area contributed by atoms with Crippen molar-refractivity contribution in [3.63, 3.8) is 0 Å². The Balaban J connectivity index is 1.58. The van der Waals surface area contributed by atoms with Gasteiger partial charge in [0, 0.05) is 49.6 Å². The van der Waals surface area contributed by atoms with Gasteiger partial charge in [-0.3, -0.25) is 14.9 Å². The van der Waals surface area contributed by atoms with Gasteiger partial charge < -0.3 is 15.0 Å². The number of amides is 1. The number of benzene rings is 1. The fraction of sp³-hybridized carbons (Fsp3) is 0.263. The van der Waals surface area contributed by atoms with Gasteiger partial charge in [0.25, 0.3) is 5.69 Å². The molecule has 2 heterocycles. The maximum Gasteiger partial charge on any atom is 0.269 e. The zero-order valence-corrected chi connectivity index (χ0v) is 14.7. The van der Waals surface area contributed by atoms with Crippen molar-refractivity contribution in [2.75, 3.05) is 31.2 Å². The van der Waals surface area contributed by atoms with Crippen LogP contribution < -0.4 is 10.2 Å². The standard InChI is InChI=1S/C19H20N4O4/c24-18(8-5-15-3-6-17(7-4-15)23(25)26)21-14-16-2-1-9-20-19(16)22-10-12-27-13-11-22/h1-9H,10-14H2,(H,21,24)/b8-5+. The summed E-state index contributed by atoms with van der Waals surface area (Å²) in [6.45, 7) is 3.25. The maximum absolute atomic E-state index is 12.1. The van der Waals surface area contributed by atoms with Crippen molar-refractivity contribution in [1.29, 1.82) is 0 Å². The molecule has 1 aliphatic rings. The summed E-state index contributed by atoms with van der Waals surface area (Å²) < 4.78 is 5.37. The summed E-state index contributed by atoms with van der Waals surface area (Å²) in [5.41, 5.74) is 1.67. The molecule has 27 heavy (non-hydrogen) atoms. The van der Waals surface area contributed by atoms with Crippen LogP contribution in [0.1, 0.15) is 11.1 Å². The Morgan fingerprint density at radius 2 is 2.00 bits per heavy atom. The second-order valence-corrected chi connectivity index (χ2v) is 5.99. The predicted molar refractivity (Wildman–Crippen MR) is 101 cm³/mol. The van der Waals surface area contributed by atoms with E-state index in [0.717, 1.165) is 24.5 Å². The van der Waals surface area contributed by atoms with Crippen molar-refractivity contribution < 1.29 is 14.5 Å². The fourth-order valence-corrected chi connectivity index (χ4v) is 2.75. The number of anilines is 1. The smallest absolute Gasteiger partial charge is 0.269 e. The number of nitrogens with one attached hydrogen (secondary N) is 1. The van der Waals surface area contributed by atoms with Gasteiger partial charge in [0.1, 0.15) is 5.82 Å². The Morgan fingerprint density at radius 1 is 1.26 bits per heavy atom. The molecule has 1 amide bonds. The predicted octanol–water partition coefficient (Wildman–Crippen LogP) is 2.16. The number of carbonyl (C=O) groups is 1. The zero-order valence-electron chi connectivity index (χ0n) is 14.7. The molecule has 1 N–H and O–H groups in total. The van der Waals surface area contributed by atoms with E-state index in [1.165, 1.54) is 18.2 Å². The van der Waals surface area contributed by atoms with Crippen LogP contribution in [-0.4, -0.2) is 42.1 Å². The number of pyridine rings is 1. The van der Waals surface area contributed by atoms with Gasteiger partial charge in [0.15, 0.2) is 0 Å². The van der Waals surface area contributed by atoms with Crippen molar-refractivity contribution >= 4 is 23.5 Å². The lowest BCUT2D eigenvalue weighted by molar-refractivity contribution is -0.384. The molecule has 1 aromatic heterocycles. The van der Waals surface area contributed by atoms with Gasteiger partial charge in [0.05, 0.1) is 18.1 Å². The van der Waals surface area contributed by atoms with E-state index >= 15 is 0 Å². The number of nitro benzene ring substituents is 1. The third kappa shape index (κ3) is 5.11. The highest BCUT2D eigenvalue weighted by Crippen LogP contribution is 2.18. The Morgan fingerprint density at radius 3 is 2.70 bits per heavy atom. The highest BCUT2D eigenvalue weighted by molar-refractivity contribution is 5.91. The average Bonchev–Trinajstić information content (AvgIpc) is 2.72. The summed E-state index contributed by atoms with van der Waals surface area (Å²) in [5, 5.41) is 13.5. The minimum absolute atomic E-state index is 0.0174. The molecule has 0 atom stereocenters. The number of nitrogens with zero attached hydrogens (tertiary/aromatic N) is 3. The van der Waals surface area contributed by atoms with E-state index in [2.05, 4.69) is 15.2 Å². The van der Waals surface area contributed by atoms with E-state index < -0.39 is 4.92 Å². The molecule has 0 spiro atoms. The highest BCUT2D eigenvalue weighted by atomic mass is 16.6. The molecular weight excluding hydrogens is 348 g/mol. The molecule has 1 fully saturated rings. The van der Waals surface area contributed by atoms with Crippen LogP contribution in [-0.2, 0) is 16.1 Å². The highest BCUT2D eigenvalue weighted by Gasteiger charge is 2.15. The quantitative estimate of drug-likeness (QED) is 0.477. The Kier molecular flexibility index (Phi) is 6.11. The number of ether oxygens (including phenoxy) is 1. The number of hydrogen-bond donors (Lipinski definition) is 1. The first-order valence-electron chi connectivity index (χ1n) is 8.60. The van der Waals surface area contributed by atoms with Gasteiger partial charge in [-0.05, 0) is 29.8 Å². The van der Waals surface area contributed by atoms with Crippen molar-refractivity contribution in [2.24, 2.45) is 0 Å². The largest absolute Gasteiger partial charge is 0.378 e. The summed E-state index contributed by atoms with van der Waals surface area (Å²) in [5.74, 6) is 0.616.